The standard InChI is InChI=1S/C15H19N5O2/c1-11-9-12(18-22-11)10-19-5-7-20(8-6-19)15-13(14(16)21)3-2-4-17-15/h2-4,9H,5-8,10H2,1H3,(H2,16,21). The number of pyridine rings is 1. The molecule has 2 aromatic heterocycles. The van der Waals surface area contributed by atoms with Crippen molar-refractivity contribution in [2.45, 2.75) is 13.5 Å². The minimum absolute atomic E-state index is 0.441. The predicted octanol–water partition coefficient (Wildman–Crippen LogP) is 0.799. The first-order chi connectivity index (χ1) is 10.6. The van der Waals surface area contributed by atoms with E-state index >= 15 is 0 Å². The molecular weight excluding hydrogens is 282 g/mol. The number of aryl methyl sites for hydroxylation is 1. The number of aromatic nitrogens is 2. The molecule has 1 saturated heterocycles. The molecule has 2 N–H and O–H groups in total. The van der Waals surface area contributed by atoms with Gasteiger partial charge in [-0.1, -0.05) is 5.16 Å². The number of piperazine rings is 1. The van der Waals surface area contributed by atoms with Crippen LogP contribution in [0.3, 0.4) is 0 Å². The van der Waals surface area contributed by atoms with Gasteiger partial charge in [-0.15, -0.1) is 0 Å². The Balaban J connectivity index is 1.63. The Morgan fingerprint density at radius 2 is 2.14 bits per heavy atom. The quantitative estimate of drug-likeness (QED) is 0.898. The molecule has 1 aliphatic rings. The van der Waals surface area contributed by atoms with Crippen molar-refractivity contribution in [1.82, 2.24) is 15.0 Å². The fourth-order valence-electron chi connectivity index (χ4n) is 2.68. The Morgan fingerprint density at radius 3 is 2.77 bits per heavy atom. The SMILES string of the molecule is Cc1cc(CN2CCN(c3ncccc3C(N)=O)CC2)no1. The molecule has 1 fully saturated rings. The van der Waals surface area contributed by atoms with Gasteiger partial charge in [-0.05, 0) is 19.1 Å². The van der Waals surface area contributed by atoms with Crippen LogP contribution in [0, 0.1) is 6.92 Å². The summed E-state index contributed by atoms with van der Waals surface area (Å²) in [4.78, 5) is 20.2. The van der Waals surface area contributed by atoms with Crippen LogP contribution in [0.1, 0.15) is 21.8 Å². The second-order valence-corrected chi connectivity index (χ2v) is 5.43. The third-order valence-corrected chi connectivity index (χ3v) is 3.79. The molecule has 0 aliphatic carbocycles. The first kappa shape index (κ1) is 14.5. The number of carbonyl (C=O) groups excluding carboxylic acids is 1. The van der Waals surface area contributed by atoms with Gasteiger partial charge in [-0.2, -0.15) is 0 Å². The molecular formula is C15H19N5O2. The van der Waals surface area contributed by atoms with E-state index < -0.39 is 5.91 Å². The summed E-state index contributed by atoms with van der Waals surface area (Å²) in [5.41, 5.74) is 6.84. The average molecular weight is 301 g/mol. The topological polar surface area (TPSA) is 88.5 Å². The fraction of sp³-hybridized carbons (Fsp3) is 0.400. The van der Waals surface area contributed by atoms with E-state index in [4.69, 9.17) is 10.3 Å². The van der Waals surface area contributed by atoms with Crippen LogP contribution >= 0.6 is 0 Å². The van der Waals surface area contributed by atoms with Crippen molar-refractivity contribution in [2.75, 3.05) is 31.1 Å². The van der Waals surface area contributed by atoms with Crippen molar-refractivity contribution in [3.05, 3.63) is 41.4 Å². The number of rotatable bonds is 4. The molecule has 116 valence electrons. The van der Waals surface area contributed by atoms with Gasteiger partial charge >= 0.3 is 0 Å². The lowest BCUT2D eigenvalue weighted by Gasteiger charge is -2.35. The molecule has 0 spiro atoms. The lowest BCUT2D eigenvalue weighted by atomic mass is 10.2. The summed E-state index contributed by atoms with van der Waals surface area (Å²) >= 11 is 0. The molecule has 0 atom stereocenters. The summed E-state index contributed by atoms with van der Waals surface area (Å²) in [6.07, 6.45) is 1.69. The smallest absolute Gasteiger partial charge is 0.252 e. The molecule has 7 heteroatoms. The number of nitrogens with two attached hydrogens (primary N) is 1. The second-order valence-electron chi connectivity index (χ2n) is 5.43. The highest BCUT2D eigenvalue weighted by Gasteiger charge is 2.22. The number of amides is 1. The van der Waals surface area contributed by atoms with E-state index in [-0.39, 0.29) is 0 Å². The van der Waals surface area contributed by atoms with E-state index in [1.165, 1.54) is 0 Å². The lowest BCUT2D eigenvalue weighted by molar-refractivity contribution is 0.1000. The molecule has 1 aliphatic heterocycles. The van der Waals surface area contributed by atoms with Crippen molar-refractivity contribution in [3.63, 3.8) is 0 Å². The normalized spacial score (nSPS) is 16.0. The van der Waals surface area contributed by atoms with Gasteiger partial charge in [0, 0.05) is 45.0 Å². The van der Waals surface area contributed by atoms with Crippen molar-refractivity contribution >= 4 is 11.7 Å². The van der Waals surface area contributed by atoms with Crippen LogP contribution in [-0.4, -0.2) is 47.1 Å². The van der Waals surface area contributed by atoms with E-state index in [9.17, 15) is 4.79 Å². The highest BCUT2D eigenvalue weighted by molar-refractivity contribution is 5.97. The van der Waals surface area contributed by atoms with Gasteiger partial charge < -0.3 is 15.2 Å². The van der Waals surface area contributed by atoms with E-state index in [1.54, 1.807) is 18.3 Å². The van der Waals surface area contributed by atoms with Gasteiger partial charge in [-0.25, -0.2) is 4.98 Å². The zero-order chi connectivity index (χ0) is 15.5. The Hall–Kier alpha value is -2.41. The molecule has 2 aromatic rings. The molecule has 0 saturated carbocycles. The zero-order valence-corrected chi connectivity index (χ0v) is 12.5. The maximum Gasteiger partial charge on any atom is 0.252 e. The minimum atomic E-state index is -0.441. The first-order valence-corrected chi connectivity index (χ1v) is 7.28. The fourth-order valence-corrected chi connectivity index (χ4v) is 2.68. The number of carbonyl (C=O) groups is 1. The summed E-state index contributed by atoms with van der Waals surface area (Å²) in [5, 5.41) is 4.02. The summed E-state index contributed by atoms with van der Waals surface area (Å²) in [6.45, 7) is 6.01. The molecule has 0 bridgehead atoms. The largest absolute Gasteiger partial charge is 0.365 e. The molecule has 1 amide bonds. The Labute approximate surface area is 128 Å². The molecule has 0 unspecified atom stereocenters. The molecule has 3 rings (SSSR count). The van der Waals surface area contributed by atoms with Crippen LogP contribution in [-0.2, 0) is 6.54 Å². The van der Waals surface area contributed by atoms with Crippen molar-refractivity contribution in [1.29, 1.82) is 0 Å². The summed E-state index contributed by atoms with van der Waals surface area (Å²) in [6, 6.07) is 5.40. The van der Waals surface area contributed by atoms with Crippen molar-refractivity contribution < 1.29 is 9.32 Å². The summed E-state index contributed by atoms with van der Waals surface area (Å²) < 4.78 is 5.09. The number of hydrogen-bond acceptors (Lipinski definition) is 6. The van der Waals surface area contributed by atoms with E-state index in [2.05, 4.69) is 19.9 Å². The van der Waals surface area contributed by atoms with Crippen molar-refractivity contribution in [2.24, 2.45) is 5.73 Å². The Kier molecular flexibility index (Phi) is 4.06. The Bertz CT molecular complexity index is 661. The maximum atomic E-state index is 11.5. The molecule has 7 nitrogen and oxygen atoms in total. The molecule has 22 heavy (non-hydrogen) atoms. The molecule has 0 radical (unpaired) electrons. The predicted molar refractivity (Wildman–Crippen MR) is 81.5 cm³/mol. The minimum Gasteiger partial charge on any atom is -0.365 e. The Morgan fingerprint density at radius 1 is 1.36 bits per heavy atom. The van der Waals surface area contributed by atoms with Crippen LogP contribution in [0.2, 0.25) is 0 Å². The van der Waals surface area contributed by atoms with Crippen LogP contribution < -0.4 is 10.6 Å². The number of primary amides is 1. The van der Waals surface area contributed by atoms with Gasteiger partial charge in [-0.3, -0.25) is 9.69 Å². The summed E-state index contributed by atoms with van der Waals surface area (Å²) in [7, 11) is 0. The lowest BCUT2D eigenvalue weighted by Crippen LogP contribution is -2.46. The van der Waals surface area contributed by atoms with Gasteiger partial charge in [0.25, 0.3) is 5.91 Å². The van der Waals surface area contributed by atoms with E-state index in [0.717, 1.165) is 44.2 Å². The number of hydrogen-bond donors (Lipinski definition) is 1. The highest BCUT2D eigenvalue weighted by Crippen LogP contribution is 2.19. The second kappa shape index (κ2) is 6.15. The number of nitrogens with zero attached hydrogens (tertiary/aromatic N) is 4. The van der Waals surface area contributed by atoms with Crippen LogP contribution in [0.25, 0.3) is 0 Å². The molecule has 0 aromatic carbocycles. The summed E-state index contributed by atoms with van der Waals surface area (Å²) in [5.74, 6) is 1.06. The third-order valence-electron chi connectivity index (χ3n) is 3.79. The van der Waals surface area contributed by atoms with Gasteiger partial charge in [0.15, 0.2) is 0 Å². The monoisotopic (exact) mass is 301 g/mol. The van der Waals surface area contributed by atoms with Gasteiger partial charge in [0.05, 0.1) is 11.3 Å². The van der Waals surface area contributed by atoms with E-state index in [1.807, 2.05) is 13.0 Å². The van der Waals surface area contributed by atoms with Crippen molar-refractivity contribution in [3.8, 4) is 0 Å². The van der Waals surface area contributed by atoms with Gasteiger partial charge in [0.2, 0.25) is 0 Å². The van der Waals surface area contributed by atoms with E-state index in [0.29, 0.717) is 11.4 Å². The molecule has 3 heterocycles. The maximum absolute atomic E-state index is 11.5. The zero-order valence-electron chi connectivity index (χ0n) is 12.5. The van der Waals surface area contributed by atoms with Crippen LogP contribution in [0.4, 0.5) is 5.82 Å². The average Bonchev–Trinajstić information content (AvgIpc) is 2.93. The third kappa shape index (κ3) is 3.09. The number of anilines is 1. The highest BCUT2D eigenvalue weighted by atomic mass is 16.5. The van der Waals surface area contributed by atoms with Gasteiger partial charge in [0.1, 0.15) is 11.6 Å². The van der Waals surface area contributed by atoms with Crippen LogP contribution in [0.15, 0.2) is 28.9 Å². The van der Waals surface area contributed by atoms with Crippen LogP contribution in [0.5, 0.6) is 0 Å². The first-order valence-electron chi connectivity index (χ1n) is 7.28.